The maximum Gasteiger partial charge on any atom is 0.0965 e. The summed E-state index contributed by atoms with van der Waals surface area (Å²) in [5.74, 6) is 0.484. The molecule has 0 saturated heterocycles. The van der Waals surface area contributed by atoms with Gasteiger partial charge in [0.15, 0.2) is 0 Å². The highest BCUT2D eigenvalue weighted by molar-refractivity contribution is 7.10. The minimum absolute atomic E-state index is 0.428. The van der Waals surface area contributed by atoms with Gasteiger partial charge < -0.3 is 5.32 Å². The summed E-state index contributed by atoms with van der Waals surface area (Å²) in [5.41, 5.74) is 1.39. The Bertz CT molecular complexity index is 448. The zero-order valence-corrected chi connectivity index (χ0v) is 12.1. The summed E-state index contributed by atoms with van der Waals surface area (Å²) in [5, 5.41) is 9.01. The van der Waals surface area contributed by atoms with Crippen LogP contribution in [0.2, 0.25) is 0 Å². The highest BCUT2D eigenvalue weighted by atomic mass is 32.1. The largest absolute Gasteiger partial charge is 0.309 e. The third kappa shape index (κ3) is 3.15. The molecule has 1 N–H and O–H groups in total. The van der Waals surface area contributed by atoms with Gasteiger partial charge in [-0.2, -0.15) is 0 Å². The standard InChI is InChI=1S/C13H18N2S2/c1-9-4-6-16-12(9)11(3)15-8-10(2)13-14-5-7-17-13/h4-7,10-11,15H,8H2,1-3H3. The van der Waals surface area contributed by atoms with Crippen LogP contribution in [0.25, 0.3) is 0 Å². The predicted molar refractivity (Wildman–Crippen MR) is 76.0 cm³/mol. The lowest BCUT2D eigenvalue weighted by atomic mass is 10.1. The fourth-order valence-electron chi connectivity index (χ4n) is 1.84. The number of nitrogens with zero attached hydrogens (tertiary/aromatic N) is 1. The zero-order valence-electron chi connectivity index (χ0n) is 10.4. The van der Waals surface area contributed by atoms with E-state index in [9.17, 15) is 0 Å². The fourth-order valence-corrected chi connectivity index (χ4v) is 3.50. The third-order valence-corrected chi connectivity index (χ3v) is 5.11. The van der Waals surface area contributed by atoms with Crippen LogP contribution in [0, 0.1) is 6.92 Å². The van der Waals surface area contributed by atoms with E-state index in [4.69, 9.17) is 0 Å². The molecule has 0 aliphatic rings. The van der Waals surface area contributed by atoms with Crippen molar-refractivity contribution in [1.29, 1.82) is 0 Å². The summed E-state index contributed by atoms with van der Waals surface area (Å²) >= 11 is 3.57. The monoisotopic (exact) mass is 266 g/mol. The molecule has 0 radical (unpaired) electrons. The summed E-state index contributed by atoms with van der Waals surface area (Å²) in [6.07, 6.45) is 1.88. The molecule has 0 amide bonds. The van der Waals surface area contributed by atoms with Crippen molar-refractivity contribution >= 4 is 22.7 Å². The molecule has 0 aromatic carbocycles. The lowest BCUT2D eigenvalue weighted by Crippen LogP contribution is -2.23. The first-order chi connectivity index (χ1) is 8.18. The summed E-state index contributed by atoms with van der Waals surface area (Å²) in [7, 11) is 0. The van der Waals surface area contributed by atoms with E-state index in [2.05, 4.69) is 42.5 Å². The van der Waals surface area contributed by atoms with Crippen molar-refractivity contribution in [3.8, 4) is 0 Å². The van der Waals surface area contributed by atoms with E-state index >= 15 is 0 Å². The zero-order chi connectivity index (χ0) is 12.3. The first kappa shape index (κ1) is 12.7. The Balaban J connectivity index is 1.88. The Kier molecular flexibility index (Phi) is 4.31. The second kappa shape index (κ2) is 5.76. The number of rotatable bonds is 5. The van der Waals surface area contributed by atoms with Gasteiger partial charge in [-0.05, 0) is 30.9 Å². The van der Waals surface area contributed by atoms with E-state index in [1.165, 1.54) is 15.4 Å². The molecule has 4 heteroatoms. The van der Waals surface area contributed by atoms with E-state index in [1.807, 2.05) is 22.9 Å². The van der Waals surface area contributed by atoms with Gasteiger partial charge in [0.25, 0.3) is 0 Å². The van der Waals surface area contributed by atoms with Gasteiger partial charge in [-0.15, -0.1) is 22.7 Å². The van der Waals surface area contributed by atoms with E-state index < -0.39 is 0 Å². The molecule has 0 spiro atoms. The molecular weight excluding hydrogens is 248 g/mol. The van der Waals surface area contributed by atoms with Crippen molar-refractivity contribution in [3.05, 3.63) is 38.5 Å². The van der Waals surface area contributed by atoms with Gasteiger partial charge in [0.2, 0.25) is 0 Å². The van der Waals surface area contributed by atoms with Crippen LogP contribution in [0.5, 0.6) is 0 Å². The Labute approximate surface area is 111 Å². The Morgan fingerprint density at radius 3 is 2.71 bits per heavy atom. The van der Waals surface area contributed by atoms with Crippen LogP contribution in [-0.4, -0.2) is 11.5 Å². The van der Waals surface area contributed by atoms with Crippen LogP contribution in [0.3, 0.4) is 0 Å². The quantitative estimate of drug-likeness (QED) is 0.886. The fraction of sp³-hybridized carbons (Fsp3) is 0.462. The van der Waals surface area contributed by atoms with Gasteiger partial charge in [0.1, 0.15) is 0 Å². The van der Waals surface area contributed by atoms with Crippen molar-refractivity contribution in [2.75, 3.05) is 6.54 Å². The van der Waals surface area contributed by atoms with E-state index in [-0.39, 0.29) is 0 Å². The maximum absolute atomic E-state index is 4.36. The first-order valence-electron chi connectivity index (χ1n) is 5.85. The van der Waals surface area contributed by atoms with Crippen LogP contribution >= 0.6 is 22.7 Å². The summed E-state index contributed by atoms with van der Waals surface area (Å²) in [6, 6.07) is 2.61. The molecule has 2 aromatic heterocycles. The molecule has 2 heterocycles. The maximum atomic E-state index is 4.36. The molecule has 17 heavy (non-hydrogen) atoms. The Hall–Kier alpha value is -0.710. The molecule has 0 fully saturated rings. The molecular formula is C13H18N2S2. The number of nitrogens with one attached hydrogen (secondary N) is 1. The second-order valence-corrected chi connectivity index (χ2v) is 6.24. The number of aryl methyl sites for hydroxylation is 1. The smallest absolute Gasteiger partial charge is 0.0965 e. The minimum atomic E-state index is 0.428. The van der Waals surface area contributed by atoms with E-state index in [0.29, 0.717) is 12.0 Å². The number of hydrogen-bond acceptors (Lipinski definition) is 4. The Morgan fingerprint density at radius 1 is 1.29 bits per heavy atom. The second-order valence-electron chi connectivity index (χ2n) is 4.37. The van der Waals surface area contributed by atoms with Crippen molar-refractivity contribution in [2.24, 2.45) is 0 Å². The van der Waals surface area contributed by atoms with Crippen molar-refractivity contribution in [2.45, 2.75) is 32.7 Å². The number of aromatic nitrogens is 1. The summed E-state index contributed by atoms with van der Waals surface area (Å²) < 4.78 is 0. The summed E-state index contributed by atoms with van der Waals surface area (Å²) in [4.78, 5) is 5.80. The lowest BCUT2D eigenvalue weighted by molar-refractivity contribution is 0.540. The number of thiazole rings is 1. The third-order valence-electron chi connectivity index (χ3n) is 2.90. The molecule has 0 aliphatic carbocycles. The van der Waals surface area contributed by atoms with Crippen LogP contribution in [-0.2, 0) is 0 Å². The highest BCUT2D eigenvalue weighted by Gasteiger charge is 2.12. The average Bonchev–Trinajstić information content (AvgIpc) is 2.95. The molecule has 92 valence electrons. The van der Waals surface area contributed by atoms with Crippen LogP contribution in [0.15, 0.2) is 23.0 Å². The Morgan fingerprint density at radius 2 is 2.12 bits per heavy atom. The van der Waals surface area contributed by atoms with Gasteiger partial charge in [-0.25, -0.2) is 4.98 Å². The topological polar surface area (TPSA) is 24.9 Å². The van der Waals surface area contributed by atoms with Gasteiger partial charge in [-0.1, -0.05) is 6.92 Å². The number of hydrogen-bond donors (Lipinski definition) is 1. The average molecular weight is 266 g/mol. The van der Waals surface area contributed by atoms with E-state index in [0.717, 1.165) is 6.54 Å². The first-order valence-corrected chi connectivity index (χ1v) is 7.61. The van der Waals surface area contributed by atoms with Crippen molar-refractivity contribution in [3.63, 3.8) is 0 Å². The molecule has 2 rings (SSSR count). The van der Waals surface area contributed by atoms with Gasteiger partial charge in [-0.3, -0.25) is 0 Å². The highest BCUT2D eigenvalue weighted by Crippen LogP contribution is 2.24. The SMILES string of the molecule is Cc1ccsc1C(C)NCC(C)c1nccs1. The van der Waals surface area contributed by atoms with Gasteiger partial charge in [0, 0.05) is 35.0 Å². The van der Waals surface area contributed by atoms with Crippen LogP contribution in [0.4, 0.5) is 0 Å². The molecule has 2 unspecified atom stereocenters. The molecule has 0 bridgehead atoms. The molecule has 2 nitrogen and oxygen atoms in total. The van der Waals surface area contributed by atoms with Crippen LogP contribution < -0.4 is 5.32 Å². The minimum Gasteiger partial charge on any atom is -0.309 e. The lowest BCUT2D eigenvalue weighted by Gasteiger charge is -2.16. The summed E-state index contributed by atoms with van der Waals surface area (Å²) in [6.45, 7) is 7.60. The van der Waals surface area contributed by atoms with Gasteiger partial charge >= 0.3 is 0 Å². The molecule has 2 aromatic rings. The molecule has 0 aliphatic heterocycles. The normalized spacial score (nSPS) is 14.8. The predicted octanol–water partition coefficient (Wildman–Crippen LogP) is 3.97. The van der Waals surface area contributed by atoms with E-state index in [1.54, 1.807) is 11.3 Å². The molecule has 2 atom stereocenters. The van der Waals surface area contributed by atoms with Crippen molar-refractivity contribution in [1.82, 2.24) is 10.3 Å². The van der Waals surface area contributed by atoms with Gasteiger partial charge in [0.05, 0.1) is 5.01 Å². The van der Waals surface area contributed by atoms with Crippen molar-refractivity contribution < 1.29 is 0 Å². The molecule has 0 saturated carbocycles. The van der Waals surface area contributed by atoms with Crippen LogP contribution in [0.1, 0.15) is 41.3 Å². The number of thiophene rings is 1.